The van der Waals surface area contributed by atoms with Gasteiger partial charge >= 0.3 is 0 Å². The van der Waals surface area contributed by atoms with Crippen molar-refractivity contribution in [3.63, 3.8) is 0 Å². The molecule has 2 atom stereocenters. The van der Waals surface area contributed by atoms with Gasteiger partial charge in [0.1, 0.15) is 11.9 Å². The summed E-state index contributed by atoms with van der Waals surface area (Å²) in [5.41, 5.74) is 1.08. The molecule has 0 bridgehead atoms. The van der Waals surface area contributed by atoms with Crippen LogP contribution in [0.15, 0.2) is 36.7 Å². The molecular formula is C16H17FN4O2S. The van der Waals surface area contributed by atoms with Gasteiger partial charge in [0.2, 0.25) is 11.8 Å². The van der Waals surface area contributed by atoms with Gasteiger partial charge in [0.05, 0.1) is 17.1 Å². The number of nitrogens with one attached hydrogen (secondary N) is 2. The van der Waals surface area contributed by atoms with Crippen LogP contribution in [0.25, 0.3) is 0 Å². The number of halogens is 1. The van der Waals surface area contributed by atoms with E-state index in [9.17, 15) is 14.0 Å². The molecule has 1 aliphatic heterocycles. The molecule has 0 saturated carbocycles. The van der Waals surface area contributed by atoms with Crippen molar-refractivity contribution < 1.29 is 14.0 Å². The molecule has 2 heterocycles. The van der Waals surface area contributed by atoms with Crippen LogP contribution in [0.4, 0.5) is 10.1 Å². The topological polar surface area (TPSA) is 76.0 Å². The highest BCUT2D eigenvalue weighted by molar-refractivity contribution is 8.00. The zero-order chi connectivity index (χ0) is 17.1. The van der Waals surface area contributed by atoms with Crippen molar-refractivity contribution in [1.29, 1.82) is 0 Å². The normalized spacial score (nSPS) is 20.5. The Morgan fingerprint density at radius 2 is 2.29 bits per heavy atom. The van der Waals surface area contributed by atoms with Crippen molar-refractivity contribution in [2.45, 2.75) is 17.7 Å². The number of amides is 2. The number of hydrogen-bond donors (Lipinski definition) is 2. The van der Waals surface area contributed by atoms with E-state index in [0.29, 0.717) is 23.4 Å². The fourth-order valence-electron chi connectivity index (χ4n) is 2.47. The molecule has 6 nitrogen and oxygen atoms in total. The van der Waals surface area contributed by atoms with Crippen LogP contribution in [0, 0.1) is 5.82 Å². The fraction of sp³-hybridized carbons (Fsp3) is 0.312. The van der Waals surface area contributed by atoms with Crippen LogP contribution in [0.2, 0.25) is 0 Å². The second-order valence-corrected chi connectivity index (χ2v) is 6.81. The van der Waals surface area contributed by atoms with Crippen LogP contribution >= 0.6 is 11.8 Å². The van der Waals surface area contributed by atoms with E-state index in [0.717, 1.165) is 0 Å². The Morgan fingerprint density at radius 3 is 2.96 bits per heavy atom. The molecule has 2 amide bonds. The van der Waals surface area contributed by atoms with Gasteiger partial charge in [-0.1, -0.05) is 18.2 Å². The average Bonchev–Trinajstić information content (AvgIpc) is 2.96. The minimum atomic E-state index is -0.612. The first-order chi connectivity index (χ1) is 11.5. The molecule has 0 spiro atoms. The summed E-state index contributed by atoms with van der Waals surface area (Å²) in [6.45, 7) is 0. The van der Waals surface area contributed by atoms with Gasteiger partial charge in [-0.05, 0) is 18.1 Å². The Balaban J connectivity index is 1.58. The van der Waals surface area contributed by atoms with E-state index in [4.69, 9.17) is 0 Å². The van der Waals surface area contributed by atoms with Crippen LogP contribution in [-0.2, 0) is 23.1 Å². The molecule has 1 fully saturated rings. The summed E-state index contributed by atoms with van der Waals surface area (Å²) < 4.78 is 15.3. The van der Waals surface area contributed by atoms with Gasteiger partial charge < -0.3 is 10.6 Å². The van der Waals surface area contributed by atoms with Crippen molar-refractivity contribution in [2.24, 2.45) is 7.05 Å². The molecule has 3 rings (SSSR count). The lowest BCUT2D eigenvalue weighted by Gasteiger charge is -2.28. The lowest BCUT2D eigenvalue weighted by atomic mass is 10.1. The number of hydrogen-bond acceptors (Lipinski definition) is 4. The van der Waals surface area contributed by atoms with Crippen LogP contribution in [0.1, 0.15) is 5.56 Å². The molecule has 0 aliphatic carbocycles. The average molecular weight is 348 g/mol. The van der Waals surface area contributed by atoms with Crippen LogP contribution in [0.5, 0.6) is 0 Å². The standard InChI is InChI=1S/C16H17FN4O2S/c1-21-8-11(7-18-21)19-15(22)13-9-24-14(16(23)20-13)6-10-4-2-3-5-12(10)17/h2-5,7-8,13-14H,6,9H2,1H3,(H,19,22)(H,20,23)/t13-,14+/m1/s1. The Morgan fingerprint density at radius 1 is 1.50 bits per heavy atom. The number of aryl methyl sites for hydroxylation is 1. The Hall–Kier alpha value is -2.35. The lowest BCUT2D eigenvalue weighted by molar-refractivity contribution is -0.126. The minimum Gasteiger partial charge on any atom is -0.343 e. The maximum Gasteiger partial charge on any atom is 0.247 e. The predicted molar refractivity (Wildman–Crippen MR) is 90.1 cm³/mol. The van der Waals surface area contributed by atoms with Gasteiger partial charge in [0, 0.05) is 19.0 Å². The van der Waals surface area contributed by atoms with E-state index >= 15 is 0 Å². The molecule has 2 N–H and O–H groups in total. The maximum atomic E-state index is 13.7. The van der Waals surface area contributed by atoms with Crippen molar-refractivity contribution in [3.05, 3.63) is 48.0 Å². The molecular weight excluding hydrogens is 331 g/mol. The third kappa shape index (κ3) is 3.76. The smallest absolute Gasteiger partial charge is 0.247 e. The maximum absolute atomic E-state index is 13.7. The summed E-state index contributed by atoms with van der Waals surface area (Å²) in [5, 5.41) is 9.00. The van der Waals surface area contributed by atoms with Crippen molar-refractivity contribution in [3.8, 4) is 0 Å². The first-order valence-electron chi connectivity index (χ1n) is 7.48. The summed E-state index contributed by atoms with van der Waals surface area (Å²) in [6, 6.07) is 5.80. The molecule has 0 radical (unpaired) electrons. The Kier molecular flexibility index (Phi) is 4.84. The van der Waals surface area contributed by atoms with E-state index in [2.05, 4.69) is 15.7 Å². The number of thioether (sulfide) groups is 1. The Labute approximate surface area is 142 Å². The first kappa shape index (κ1) is 16.5. The molecule has 2 aromatic rings. The predicted octanol–water partition coefficient (Wildman–Crippen LogP) is 1.34. The van der Waals surface area contributed by atoms with E-state index in [1.165, 1.54) is 24.0 Å². The number of nitrogens with zero attached hydrogens (tertiary/aromatic N) is 2. The van der Waals surface area contributed by atoms with Crippen LogP contribution in [0.3, 0.4) is 0 Å². The summed E-state index contributed by atoms with van der Waals surface area (Å²) >= 11 is 1.37. The van der Waals surface area contributed by atoms with Gasteiger partial charge in [0.25, 0.3) is 0 Å². The monoisotopic (exact) mass is 348 g/mol. The van der Waals surface area contributed by atoms with E-state index in [1.807, 2.05) is 0 Å². The van der Waals surface area contributed by atoms with Crippen molar-refractivity contribution in [2.75, 3.05) is 11.1 Å². The Bertz CT molecular complexity index is 764. The van der Waals surface area contributed by atoms with E-state index in [1.54, 1.807) is 36.1 Å². The SMILES string of the molecule is Cn1cc(NC(=O)[C@H]2CS[C@@H](Cc3ccccc3F)C(=O)N2)cn1. The highest BCUT2D eigenvalue weighted by atomic mass is 32.2. The summed E-state index contributed by atoms with van der Waals surface area (Å²) in [5.74, 6) is -0.409. The molecule has 1 saturated heterocycles. The van der Waals surface area contributed by atoms with E-state index in [-0.39, 0.29) is 17.6 Å². The zero-order valence-electron chi connectivity index (χ0n) is 13.0. The molecule has 0 unspecified atom stereocenters. The highest BCUT2D eigenvalue weighted by Crippen LogP contribution is 2.23. The second kappa shape index (κ2) is 7.04. The lowest BCUT2D eigenvalue weighted by Crippen LogP contribution is -2.52. The number of carbonyl (C=O) groups excluding carboxylic acids is 2. The molecule has 1 aromatic heterocycles. The number of aromatic nitrogens is 2. The van der Waals surface area contributed by atoms with Crippen LogP contribution in [-0.4, -0.2) is 38.6 Å². The molecule has 8 heteroatoms. The summed E-state index contributed by atoms with van der Waals surface area (Å²) in [4.78, 5) is 24.4. The third-order valence-corrected chi connectivity index (χ3v) is 5.03. The molecule has 1 aliphatic rings. The number of anilines is 1. The fourth-order valence-corrected chi connectivity index (χ4v) is 3.64. The summed E-state index contributed by atoms with van der Waals surface area (Å²) in [7, 11) is 1.75. The molecule has 1 aromatic carbocycles. The third-order valence-electron chi connectivity index (χ3n) is 3.73. The van der Waals surface area contributed by atoms with Gasteiger partial charge in [-0.25, -0.2) is 4.39 Å². The van der Waals surface area contributed by atoms with Gasteiger partial charge in [-0.15, -0.1) is 11.8 Å². The van der Waals surface area contributed by atoms with Crippen LogP contribution < -0.4 is 10.6 Å². The largest absolute Gasteiger partial charge is 0.343 e. The second-order valence-electron chi connectivity index (χ2n) is 5.57. The number of rotatable bonds is 4. The van der Waals surface area contributed by atoms with Gasteiger partial charge in [-0.2, -0.15) is 5.10 Å². The minimum absolute atomic E-state index is 0.249. The molecule has 126 valence electrons. The summed E-state index contributed by atoms with van der Waals surface area (Å²) in [6.07, 6.45) is 3.52. The van der Waals surface area contributed by atoms with E-state index < -0.39 is 11.3 Å². The van der Waals surface area contributed by atoms with Crippen molar-refractivity contribution in [1.82, 2.24) is 15.1 Å². The first-order valence-corrected chi connectivity index (χ1v) is 8.52. The van der Waals surface area contributed by atoms with Gasteiger partial charge in [-0.3, -0.25) is 14.3 Å². The quantitative estimate of drug-likeness (QED) is 0.874. The van der Waals surface area contributed by atoms with Gasteiger partial charge in [0.15, 0.2) is 0 Å². The number of carbonyl (C=O) groups is 2. The zero-order valence-corrected chi connectivity index (χ0v) is 13.8. The number of benzene rings is 1. The molecule has 24 heavy (non-hydrogen) atoms. The van der Waals surface area contributed by atoms with Crippen molar-refractivity contribution >= 4 is 29.3 Å². The highest BCUT2D eigenvalue weighted by Gasteiger charge is 2.32.